The molecule has 0 bridgehead atoms. The van der Waals surface area contributed by atoms with Crippen LogP contribution in [0.2, 0.25) is 0 Å². The Labute approximate surface area is 110 Å². The maximum absolute atomic E-state index is 4.01. The molecule has 0 unspecified atom stereocenters. The summed E-state index contributed by atoms with van der Waals surface area (Å²) in [6.45, 7) is 0. The largest absolute Gasteiger partial charge is 3.00 e. The quantitative estimate of drug-likeness (QED) is 0.235. The van der Waals surface area contributed by atoms with E-state index in [4.69, 9.17) is 0 Å². The van der Waals surface area contributed by atoms with Gasteiger partial charge < -0.3 is 88.6 Å². The van der Waals surface area contributed by atoms with Crippen molar-refractivity contribution in [3.05, 3.63) is 0 Å². The van der Waals surface area contributed by atoms with Crippen molar-refractivity contribution in [2.75, 3.05) is 0 Å². The first-order valence-electron chi connectivity index (χ1n) is 1.28. The third-order valence-corrected chi connectivity index (χ3v) is 0. The summed E-state index contributed by atoms with van der Waals surface area (Å²) in [5.74, 6) is 0. The maximum Gasteiger partial charge on any atom is 3.00 e. The molecule has 0 saturated heterocycles. The fraction of sp³-hybridized carbons (Fsp3) is 0. The maximum atomic E-state index is 4.01. The smallest absolute Gasteiger partial charge is 0.364 e. The van der Waals surface area contributed by atoms with Gasteiger partial charge in [0.05, 0.1) is 0 Å². The molecule has 0 aliphatic heterocycles. The normalized spacial score (nSPS) is 3.90. The van der Waals surface area contributed by atoms with Crippen LogP contribution in [0.5, 0.6) is 0 Å². The average Bonchev–Trinajstić information content (AvgIpc) is 1.70. The van der Waals surface area contributed by atoms with Gasteiger partial charge in [-0.1, -0.05) is 0 Å². The van der Waals surface area contributed by atoms with Crippen molar-refractivity contribution in [3.8, 4) is 0 Å². The molecule has 0 fully saturated rings. The molecule has 62 valence electrons. The van der Waals surface area contributed by atoms with Gasteiger partial charge in [0.15, 0.2) is 0 Å². The molecular formula is C3H3AuS6. The predicted molar refractivity (Wildman–Crippen MR) is 64.8 cm³/mol. The van der Waals surface area contributed by atoms with E-state index < -0.39 is 0 Å². The van der Waals surface area contributed by atoms with E-state index in [1.165, 1.54) is 0 Å². The van der Waals surface area contributed by atoms with Crippen molar-refractivity contribution < 1.29 is 22.4 Å². The van der Waals surface area contributed by atoms with E-state index in [0.717, 1.165) is 0 Å². The molecule has 0 heterocycles. The Kier molecular flexibility index (Phi) is 99.3. The van der Waals surface area contributed by atoms with Gasteiger partial charge >= 0.3 is 22.4 Å². The number of rotatable bonds is 0. The second-order valence-electron chi connectivity index (χ2n) is 0.274. The minimum atomic E-state index is 0. The summed E-state index contributed by atoms with van der Waals surface area (Å²) in [6, 6.07) is 0. The van der Waals surface area contributed by atoms with Crippen LogP contribution in [0.4, 0.5) is 0 Å². The third-order valence-electron chi connectivity index (χ3n) is 0. The van der Waals surface area contributed by atoms with E-state index >= 15 is 0 Å². The number of hydrogen-bond acceptors (Lipinski definition) is 3. The van der Waals surface area contributed by atoms with Gasteiger partial charge in [-0.25, -0.2) is 0 Å². The Hall–Kier alpha value is 2.06. The van der Waals surface area contributed by atoms with Gasteiger partial charge in [-0.05, 0) is 0 Å². The molecule has 0 aromatic rings. The van der Waals surface area contributed by atoms with Gasteiger partial charge in [-0.2, -0.15) is 0 Å². The van der Waals surface area contributed by atoms with Crippen LogP contribution in [-0.4, -0.2) is 14.1 Å². The van der Waals surface area contributed by atoms with Gasteiger partial charge in [0.2, 0.25) is 0 Å². The molecule has 0 saturated carbocycles. The monoisotopic (exact) mass is 428 g/mol. The van der Waals surface area contributed by atoms with Gasteiger partial charge in [0, 0.05) is 0 Å². The zero-order valence-electron chi connectivity index (χ0n) is 4.37. The summed E-state index contributed by atoms with van der Waals surface area (Å²) in [6.07, 6.45) is 0. The van der Waals surface area contributed by atoms with Crippen LogP contribution in [-0.2, 0) is 22.4 Å². The van der Waals surface area contributed by atoms with Crippen molar-refractivity contribution >= 4 is 88.6 Å². The molecule has 0 aliphatic carbocycles. The fourth-order valence-corrected chi connectivity index (χ4v) is 0. The molecule has 0 spiro atoms. The summed E-state index contributed by atoms with van der Waals surface area (Å²) in [4.78, 5) is 0. The Morgan fingerprint density at radius 3 is 0.700 bits per heavy atom. The fourth-order valence-electron chi connectivity index (χ4n) is 0. The van der Waals surface area contributed by atoms with E-state index in [1.54, 1.807) is 0 Å². The van der Waals surface area contributed by atoms with Crippen LogP contribution in [0.1, 0.15) is 0 Å². The van der Waals surface area contributed by atoms with Crippen molar-refractivity contribution in [2.45, 2.75) is 0 Å². The van der Waals surface area contributed by atoms with E-state index in [2.05, 4.69) is 74.5 Å². The molecule has 0 atom stereocenters. The molecule has 0 N–H and O–H groups in total. The molecule has 0 nitrogen and oxygen atoms in total. The number of hydrogen-bond donors (Lipinski definition) is 3. The third kappa shape index (κ3) is 195. The number of thiocarbonyl (C=S) groups is 3. The van der Waals surface area contributed by atoms with E-state index in [-0.39, 0.29) is 22.4 Å². The van der Waals surface area contributed by atoms with Gasteiger partial charge in [-0.15, -0.1) is 0 Å². The van der Waals surface area contributed by atoms with Gasteiger partial charge in [-0.3, -0.25) is 0 Å². The Balaban J connectivity index is -0.0000000257. The minimum Gasteiger partial charge on any atom is -0.364 e. The van der Waals surface area contributed by atoms with Gasteiger partial charge in [0.1, 0.15) is 0 Å². The second-order valence-corrected chi connectivity index (χ2v) is 2.46. The second kappa shape index (κ2) is 43.7. The van der Waals surface area contributed by atoms with Gasteiger partial charge in [0.25, 0.3) is 0 Å². The Morgan fingerprint density at radius 2 is 0.700 bits per heavy atom. The van der Waals surface area contributed by atoms with Crippen LogP contribution in [0.25, 0.3) is 0 Å². The summed E-state index contributed by atoms with van der Waals surface area (Å²) in [5, 5.41) is 0. The Bertz CT molecular complexity index is 49.7. The molecule has 0 aliphatic rings. The van der Waals surface area contributed by atoms with Crippen molar-refractivity contribution in [2.24, 2.45) is 0 Å². The molecule has 0 amide bonds. The summed E-state index contributed by atoms with van der Waals surface area (Å²) in [7, 11) is 0. The van der Waals surface area contributed by atoms with E-state index in [9.17, 15) is 0 Å². The summed E-state index contributed by atoms with van der Waals surface area (Å²) in [5.41, 5.74) is 0. The van der Waals surface area contributed by atoms with Crippen LogP contribution in [0, 0.1) is 0 Å². The summed E-state index contributed by atoms with van der Waals surface area (Å²) < 4.78 is 6.08. The zero-order chi connectivity index (χ0) is 8.12. The molecule has 7 heteroatoms. The molecule has 0 aromatic heterocycles. The molecule has 0 radical (unpaired) electrons. The summed E-state index contributed by atoms with van der Waals surface area (Å²) >= 11 is 22.1. The topological polar surface area (TPSA) is 0 Å². The zero-order valence-corrected chi connectivity index (χ0v) is 11.7. The van der Waals surface area contributed by atoms with Crippen molar-refractivity contribution in [1.29, 1.82) is 0 Å². The minimum absolute atomic E-state index is 0. The predicted octanol–water partition coefficient (Wildman–Crippen LogP) is 2.25. The first-order chi connectivity index (χ1) is 4.24. The van der Waals surface area contributed by atoms with Crippen LogP contribution in [0.3, 0.4) is 0 Å². The van der Waals surface area contributed by atoms with E-state index in [0.29, 0.717) is 0 Å². The molecule has 0 rings (SSSR count). The standard InChI is InChI=1S/3CHS2.Au/c3*2-1-3;/h3*(H,2,3);/q3*-1;+3. The first kappa shape index (κ1) is 22.7. The first-order valence-corrected chi connectivity index (χ1v) is 3.85. The van der Waals surface area contributed by atoms with E-state index in [1.807, 2.05) is 14.1 Å². The Morgan fingerprint density at radius 1 is 0.700 bits per heavy atom. The average molecular weight is 428 g/mol. The van der Waals surface area contributed by atoms with Crippen LogP contribution in [0.15, 0.2) is 0 Å². The number of thiol groups is 3. The molecule has 0 aromatic carbocycles. The van der Waals surface area contributed by atoms with Crippen LogP contribution < -0.4 is 0 Å². The SMILES string of the molecule is S=[C-]S.S=[C-]S.S=[C-]S.[Au+3]. The molecule has 10 heavy (non-hydrogen) atoms. The van der Waals surface area contributed by atoms with Crippen molar-refractivity contribution in [1.82, 2.24) is 0 Å². The molecular weight excluding hydrogens is 425 g/mol. The van der Waals surface area contributed by atoms with Crippen molar-refractivity contribution in [3.63, 3.8) is 0 Å². The van der Waals surface area contributed by atoms with Crippen LogP contribution >= 0.6 is 74.5 Å².